The minimum Gasteiger partial charge on any atom is -0.475 e. The van der Waals surface area contributed by atoms with Crippen LogP contribution in [0.3, 0.4) is 0 Å². The Morgan fingerprint density at radius 2 is 2.10 bits per heavy atom. The number of fused-ring (bicyclic) bond motifs is 2. The van der Waals surface area contributed by atoms with Gasteiger partial charge in [-0.1, -0.05) is 12.1 Å². The second kappa shape index (κ2) is 7.92. The van der Waals surface area contributed by atoms with Crippen molar-refractivity contribution in [1.82, 2.24) is 19.4 Å². The molecule has 0 saturated heterocycles. The average molecular weight is 400 g/mol. The van der Waals surface area contributed by atoms with Crippen LogP contribution in [0.4, 0.5) is 11.5 Å². The van der Waals surface area contributed by atoms with Gasteiger partial charge in [0.1, 0.15) is 6.61 Å². The lowest BCUT2D eigenvalue weighted by molar-refractivity contribution is 0.144. The molecule has 1 N–H and O–H groups in total. The number of pyridine rings is 1. The van der Waals surface area contributed by atoms with Gasteiger partial charge >= 0.3 is 0 Å². The fraction of sp³-hybridized carbons (Fsp3) is 0.182. The first-order valence-electron chi connectivity index (χ1n) is 9.62. The number of nitrogens with zero attached hydrogens (tertiary/aromatic N) is 5. The van der Waals surface area contributed by atoms with E-state index in [1.807, 2.05) is 35.1 Å². The number of nitrogens with one attached hydrogen (secondary N) is 1. The van der Waals surface area contributed by atoms with Crippen molar-refractivity contribution in [3.63, 3.8) is 0 Å². The zero-order valence-electron chi connectivity index (χ0n) is 16.4. The fourth-order valence-corrected chi connectivity index (χ4v) is 3.33. The molecule has 3 aromatic heterocycles. The van der Waals surface area contributed by atoms with Gasteiger partial charge < -0.3 is 19.2 Å². The van der Waals surface area contributed by atoms with Gasteiger partial charge in [0, 0.05) is 43.5 Å². The summed E-state index contributed by atoms with van der Waals surface area (Å²) in [6.45, 7) is 1.69. The van der Waals surface area contributed by atoms with Gasteiger partial charge in [-0.15, -0.1) is 0 Å². The van der Waals surface area contributed by atoms with Gasteiger partial charge in [0.2, 0.25) is 5.88 Å². The fourth-order valence-electron chi connectivity index (χ4n) is 3.33. The van der Waals surface area contributed by atoms with Crippen LogP contribution >= 0.6 is 0 Å². The summed E-state index contributed by atoms with van der Waals surface area (Å²) in [7, 11) is 1.64. The number of methoxy groups -OCH3 is 1. The summed E-state index contributed by atoms with van der Waals surface area (Å²) in [6.07, 6.45) is 9.27. The van der Waals surface area contributed by atoms with E-state index in [9.17, 15) is 0 Å². The quantitative estimate of drug-likeness (QED) is 0.478. The van der Waals surface area contributed by atoms with E-state index < -0.39 is 0 Å². The molecule has 0 fully saturated rings. The molecule has 4 heterocycles. The second-order valence-electron chi connectivity index (χ2n) is 6.87. The number of aliphatic imine (C=N–C) groups is 1. The molecule has 30 heavy (non-hydrogen) atoms. The molecule has 8 nitrogen and oxygen atoms in total. The first kappa shape index (κ1) is 18.3. The lowest BCUT2D eigenvalue weighted by Crippen LogP contribution is -2.05. The van der Waals surface area contributed by atoms with Crippen molar-refractivity contribution in [2.75, 3.05) is 25.6 Å². The zero-order chi connectivity index (χ0) is 20.3. The first-order chi connectivity index (χ1) is 14.8. The molecule has 0 saturated carbocycles. The molecule has 150 valence electrons. The van der Waals surface area contributed by atoms with E-state index in [-0.39, 0.29) is 0 Å². The van der Waals surface area contributed by atoms with Gasteiger partial charge in [0.15, 0.2) is 11.5 Å². The van der Waals surface area contributed by atoms with E-state index in [0.29, 0.717) is 31.5 Å². The molecule has 1 aliphatic rings. The van der Waals surface area contributed by atoms with E-state index in [1.165, 1.54) is 11.1 Å². The molecule has 0 radical (unpaired) electrons. The monoisotopic (exact) mass is 400 g/mol. The average Bonchev–Trinajstić information content (AvgIpc) is 3.44. The van der Waals surface area contributed by atoms with Crippen LogP contribution in [-0.4, -0.2) is 45.9 Å². The van der Waals surface area contributed by atoms with Gasteiger partial charge in [0.25, 0.3) is 0 Å². The predicted octanol–water partition coefficient (Wildman–Crippen LogP) is 3.49. The van der Waals surface area contributed by atoms with E-state index >= 15 is 0 Å². The predicted molar refractivity (Wildman–Crippen MR) is 115 cm³/mol. The summed E-state index contributed by atoms with van der Waals surface area (Å²) in [5, 5.41) is 3.33. The van der Waals surface area contributed by atoms with Crippen LogP contribution in [0.15, 0.2) is 60.1 Å². The number of imidazole rings is 1. The van der Waals surface area contributed by atoms with E-state index in [4.69, 9.17) is 14.5 Å². The number of benzene rings is 1. The molecule has 0 bridgehead atoms. The molecule has 0 amide bonds. The van der Waals surface area contributed by atoms with Crippen molar-refractivity contribution in [1.29, 1.82) is 0 Å². The van der Waals surface area contributed by atoms with Crippen molar-refractivity contribution in [3.8, 4) is 17.1 Å². The van der Waals surface area contributed by atoms with Crippen molar-refractivity contribution in [2.45, 2.75) is 6.54 Å². The smallest absolute Gasteiger partial charge is 0.213 e. The maximum Gasteiger partial charge on any atom is 0.213 e. The van der Waals surface area contributed by atoms with Crippen LogP contribution in [0.1, 0.15) is 11.1 Å². The molecule has 0 unspecified atom stereocenters. The lowest BCUT2D eigenvalue weighted by atomic mass is 10.0. The Bertz CT molecular complexity index is 1220. The summed E-state index contributed by atoms with van der Waals surface area (Å²) in [5.41, 5.74) is 5.81. The Balaban J connectivity index is 1.44. The van der Waals surface area contributed by atoms with Gasteiger partial charge in [-0.05, 0) is 23.3 Å². The van der Waals surface area contributed by atoms with Crippen molar-refractivity contribution < 1.29 is 9.47 Å². The molecule has 0 aliphatic carbocycles. The van der Waals surface area contributed by atoms with E-state index in [1.54, 1.807) is 19.5 Å². The van der Waals surface area contributed by atoms with Crippen molar-refractivity contribution >= 4 is 23.4 Å². The molecular weight excluding hydrogens is 380 g/mol. The normalized spacial score (nSPS) is 12.3. The summed E-state index contributed by atoms with van der Waals surface area (Å²) >= 11 is 0. The minimum atomic E-state index is 0.459. The number of ether oxygens (including phenoxy) is 2. The van der Waals surface area contributed by atoms with E-state index in [2.05, 4.69) is 38.5 Å². The third-order valence-corrected chi connectivity index (χ3v) is 4.84. The van der Waals surface area contributed by atoms with Crippen LogP contribution in [-0.2, 0) is 11.3 Å². The maximum atomic E-state index is 5.52. The summed E-state index contributed by atoms with van der Waals surface area (Å²) < 4.78 is 12.5. The Labute approximate surface area is 173 Å². The van der Waals surface area contributed by atoms with E-state index in [0.717, 1.165) is 22.6 Å². The highest BCUT2D eigenvalue weighted by atomic mass is 16.5. The molecule has 8 heteroatoms. The summed E-state index contributed by atoms with van der Waals surface area (Å²) in [5.74, 6) is 1.20. The Morgan fingerprint density at radius 1 is 1.13 bits per heavy atom. The van der Waals surface area contributed by atoms with Gasteiger partial charge in [-0.25, -0.2) is 15.0 Å². The second-order valence-corrected chi connectivity index (χ2v) is 6.87. The Morgan fingerprint density at radius 3 is 2.97 bits per heavy atom. The highest BCUT2D eigenvalue weighted by Gasteiger charge is 2.13. The summed E-state index contributed by atoms with van der Waals surface area (Å²) in [4.78, 5) is 17.9. The van der Waals surface area contributed by atoms with Crippen LogP contribution in [0, 0.1) is 0 Å². The Hall–Kier alpha value is -3.78. The zero-order valence-corrected chi connectivity index (χ0v) is 16.4. The molecule has 4 aromatic rings. The highest BCUT2D eigenvalue weighted by molar-refractivity contribution is 5.86. The number of aromatic nitrogens is 4. The molecule has 0 spiro atoms. The van der Waals surface area contributed by atoms with Gasteiger partial charge in [0.05, 0.1) is 30.7 Å². The third kappa shape index (κ3) is 3.60. The third-order valence-electron chi connectivity index (χ3n) is 4.84. The SMILES string of the molecule is COCCOc1ccc(Nc2nc(-c3ccc4c(c3)CN=C4)cn3ccnc23)cn1. The number of anilines is 2. The Kier molecular flexibility index (Phi) is 4.82. The molecule has 1 aromatic carbocycles. The molecule has 5 rings (SSSR count). The molecule has 0 atom stereocenters. The van der Waals surface area contributed by atoms with Crippen molar-refractivity contribution in [3.05, 3.63) is 66.2 Å². The maximum absolute atomic E-state index is 5.52. The summed E-state index contributed by atoms with van der Waals surface area (Å²) in [6, 6.07) is 10.0. The topological polar surface area (TPSA) is 85.9 Å². The number of hydrogen-bond acceptors (Lipinski definition) is 7. The standard InChI is InChI=1S/C22H20N6O2/c1-29-8-9-30-20-5-4-18(13-25-20)26-21-22-24-6-7-28(22)14-19(27-21)15-2-3-16-11-23-12-17(16)10-15/h2-7,10-11,13-14H,8-9,12H2,1H3,(H,26,27). The van der Waals surface area contributed by atoms with Crippen molar-refractivity contribution in [2.24, 2.45) is 4.99 Å². The highest BCUT2D eigenvalue weighted by Crippen LogP contribution is 2.27. The van der Waals surface area contributed by atoms with Crippen LogP contribution in [0.25, 0.3) is 16.9 Å². The number of rotatable bonds is 7. The lowest BCUT2D eigenvalue weighted by Gasteiger charge is -2.11. The van der Waals surface area contributed by atoms with Crippen LogP contribution in [0.5, 0.6) is 5.88 Å². The number of hydrogen-bond donors (Lipinski definition) is 1. The molecule has 1 aliphatic heterocycles. The van der Waals surface area contributed by atoms with Gasteiger partial charge in [-0.3, -0.25) is 4.99 Å². The largest absolute Gasteiger partial charge is 0.475 e. The minimum absolute atomic E-state index is 0.459. The molecular formula is C22H20N6O2. The van der Waals surface area contributed by atoms with Crippen LogP contribution < -0.4 is 10.1 Å². The first-order valence-corrected chi connectivity index (χ1v) is 9.62. The van der Waals surface area contributed by atoms with Gasteiger partial charge in [-0.2, -0.15) is 0 Å². The van der Waals surface area contributed by atoms with Crippen LogP contribution in [0.2, 0.25) is 0 Å².